The van der Waals surface area contributed by atoms with Gasteiger partial charge in [0, 0.05) is 18.5 Å². The average molecular weight is 412 g/mol. The molecule has 5 nitrogen and oxygen atoms in total. The fourth-order valence-corrected chi connectivity index (χ4v) is 4.28. The van der Waals surface area contributed by atoms with Gasteiger partial charge < -0.3 is 20.3 Å². The maximum atomic E-state index is 10.7. The molecule has 1 aliphatic carbocycles. The maximum absolute atomic E-state index is 10.7. The number of benzene rings is 2. The zero-order chi connectivity index (χ0) is 21.6. The zero-order valence-corrected chi connectivity index (χ0v) is 17.9. The molecule has 0 spiro atoms. The molecule has 3 N–H and O–H groups in total. The number of carboxylic acid groups (broad SMARTS) is 1. The molecule has 2 aromatic carbocycles. The van der Waals surface area contributed by atoms with E-state index in [2.05, 4.69) is 43.4 Å². The highest BCUT2D eigenvalue weighted by molar-refractivity contribution is 5.67. The van der Waals surface area contributed by atoms with Crippen molar-refractivity contribution < 1.29 is 19.7 Å². The first-order valence-corrected chi connectivity index (χ1v) is 10.7. The molecule has 0 aromatic heterocycles. The molecule has 0 heterocycles. The number of rotatable bonds is 11. The predicted octanol–water partition coefficient (Wildman–Crippen LogP) is 3.62. The summed E-state index contributed by atoms with van der Waals surface area (Å²) < 4.78 is 5.72. The number of fused-ring (bicyclic) bond motifs is 1. The van der Waals surface area contributed by atoms with Crippen LogP contribution in [0.3, 0.4) is 0 Å². The molecule has 0 fully saturated rings. The third kappa shape index (κ3) is 6.85. The van der Waals surface area contributed by atoms with Crippen molar-refractivity contribution in [3.8, 4) is 5.75 Å². The molecule has 30 heavy (non-hydrogen) atoms. The predicted molar refractivity (Wildman–Crippen MR) is 118 cm³/mol. The van der Waals surface area contributed by atoms with Crippen molar-refractivity contribution in [3.63, 3.8) is 0 Å². The number of hydrogen-bond donors (Lipinski definition) is 3. The summed E-state index contributed by atoms with van der Waals surface area (Å²) in [7, 11) is 0. The van der Waals surface area contributed by atoms with E-state index in [1.165, 1.54) is 11.1 Å². The van der Waals surface area contributed by atoms with Gasteiger partial charge in [-0.15, -0.1) is 0 Å². The number of aliphatic carboxylic acids is 1. The quantitative estimate of drug-likeness (QED) is 0.526. The maximum Gasteiger partial charge on any atom is 0.303 e. The van der Waals surface area contributed by atoms with Crippen LogP contribution in [0.15, 0.2) is 48.5 Å². The smallest absolute Gasteiger partial charge is 0.303 e. The van der Waals surface area contributed by atoms with Crippen molar-refractivity contribution in [3.05, 3.63) is 65.2 Å². The summed E-state index contributed by atoms with van der Waals surface area (Å²) in [6, 6.07) is 16.1. The zero-order valence-electron chi connectivity index (χ0n) is 17.9. The Morgan fingerprint density at radius 2 is 1.87 bits per heavy atom. The van der Waals surface area contributed by atoms with Crippen LogP contribution in [0.2, 0.25) is 0 Å². The number of aliphatic hydroxyl groups is 1. The fourth-order valence-electron chi connectivity index (χ4n) is 4.28. The van der Waals surface area contributed by atoms with Crippen LogP contribution in [-0.4, -0.2) is 41.0 Å². The van der Waals surface area contributed by atoms with E-state index >= 15 is 0 Å². The summed E-state index contributed by atoms with van der Waals surface area (Å²) in [5.74, 6) is 0.471. The molecule has 0 radical (unpaired) electrons. The average Bonchev–Trinajstić information content (AvgIpc) is 3.11. The summed E-state index contributed by atoms with van der Waals surface area (Å²) in [6.07, 6.45) is 3.26. The van der Waals surface area contributed by atoms with Gasteiger partial charge in [-0.25, -0.2) is 0 Å². The van der Waals surface area contributed by atoms with Crippen molar-refractivity contribution in [1.82, 2.24) is 5.32 Å². The van der Waals surface area contributed by atoms with Crippen LogP contribution >= 0.6 is 0 Å². The SMILES string of the molecule is CC(C)(CC1Cc2ccccc2C1)NCC(O)COc1cccc(CCC(=O)O)c1. The molecule has 0 aliphatic heterocycles. The Kier molecular flexibility index (Phi) is 7.51. The van der Waals surface area contributed by atoms with Gasteiger partial charge in [0.25, 0.3) is 0 Å². The van der Waals surface area contributed by atoms with E-state index in [4.69, 9.17) is 9.84 Å². The fraction of sp³-hybridized carbons (Fsp3) is 0.480. The Balaban J connectivity index is 1.40. The lowest BCUT2D eigenvalue weighted by atomic mass is 9.88. The molecule has 3 rings (SSSR count). The van der Waals surface area contributed by atoms with Gasteiger partial charge in [0.2, 0.25) is 0 Å². The molecule has 0 amide bonds. The minimum absolute atomic E-state index is 0.0650. The molecule has 0 saturated heterocycles. The monoisotopic (exact) mass is 411 g/mol. The van der Waals surface area contributed by atoms with Gasteiger partial charge in [0.05, 0.1) is 0 Å². The molecule has 1 unspecified atom stereocenters. The number of ether oxygens (including phenoxy) is 1. The van der Waals surface area contributed by atoms with E-state index in [0.29, 0.717) is 24.6 Å². The first kappa shape index (κ1) is 22.3. The van der Waals surface area contributed by atoms with Gasteiger partial charge in [0.1, 0.15) is 18.5 Å². The van der Waals surface area contributed by atoms with Crippen LogP contribution in [0.5, 0.6) is 5.75 Å². The second-order valence-electron chi connectivity index (χ2n) is 9.02. The first-order chi connectivity index (χ1) is 14.3. The summed E-state index contributed by atoms with van der Waals surface area (Å²) in [5, 5.41) is 22.7. The molecule has 0 saturated carbocycles. The molecule has 162 valence electrons. The second kappa shape index (κ2) is 10.1. The van der Waals surface area contributed by atoms with Crippen molar-refractivity contribution >= 4 is 5.97 Å². The summed E-state index contributed by atoms with van der Waals surface area (Å²) >= 11 is 0. The number of β-amino-alcohol motifs (C(OH)–C–C–N with tert-alkyl or cyclic N) is 1. The minimum atomic E-state index is -0.813. The van der Waals surface area contributed by atoms with E-state index < -0.39 is 12.1 Å². The van der Waals surface area contributed by atoms with Gasteiger partial charge in [0.15, 0.2) is 0 Å². The van der Waals surface area contributed by atoms with Gasteiger partial charge in [-0.05, 0) is 74.3 Å². The highest BCUT2D eigenvalue weighted by Crippen LogP contribution is 2.31. The third-order valence-corrected chi connectivity index (χ3v) is 5.72. The molecular weight excluding hydrogens is 378 g/mol. The van der Waals surface area contributed by atoms with Crippen molar-refractivity contribution in [2.75, 3.05) is 13.2 Å². The number of carboxylic acids is 1. The van der Waals surface area contributed by atoms with Crippen LogP contribution < -0.4 is 10.1 Å². The largest absolute Gasteiger partial charge is 0.491 e. The highest BCUT2D eigenvalue weighted by atomic mass is 16.5. The van der Waals surface area contributed by atoms with E-state index in [1.54, 1.807) is 0 Å². The molecular formula is C25H33NO4. The number of nitrogens with one attached hydrogen (secondary N) is 1. The summed E-state index contributed by atoms with van der Waals surface area (Å²) in [6.45, 7) is 5.04. The Morgan fingerprint density at radius 1 is 1.17 bits per heavy atom. The summed E-state index contributed by atoms with van der Waals surface area (Å²) in [5.41, 5.74) is 3.79. The van der Waals surface area contributed by atoms with Gasteiger partial charge in [-0.3, -0.25) is 4.79 Å². The van der Waals surface area contributed by atoms with Crippen molar-refractivity contribution in [2.45, 2.75) is 57.6 Å². The van der Waals surface area contributed by atoms with E-state index in [9.17, 15) is 9.90 Å². The first-order valence-electron chi connectivity index (χ1n) is 10.7. The van der Waals surface area contributed by atoms with E-state index in [0.717, 1.165) is 24.8 Å². The molecule has 5 heteroatoms. The van der Waals surface area contributed by atoms with Gasteiger partial charge in [-0.2, -0.15) is 0 Å². The van der Waals surface area contributed by atoms with E-state index in [1.807, 2.05) is 24.3 Å². The van der Waals surface area contributed by atoms with Gasteiger partial charge >= 0.3 is 5.97 Å². The number of hydrogen-bond acceptors (Lipinski definition) is 4. The molecule has 2 aromatic rings. The number of aryl methyl sites for hydroxylation is 1. The highest BCUT2D eigenvalue weighted by Gasteiger charge is 2.28. The van der Waals surface area contributed by atoms with E-state index in [-0.39, 0.29) is 18.6 Å². The standard InChI is InChI=1S/C25H33NO4/c1-25(2,15-19-12-20-7-3-4-8-21(20)13-19)26-16-22(27)17-30-23-9-5-6-18(14-23)10-11-24(28)29/h3-9,14,19,22,26-27H,10-13,15-17H2,1-2H3,(H,28,29). The Morgan fingerprint density at radius 3 is 2.53 bits per heavy atom. The van der Waals surface area contributed by atoms with Crippen LogP contribution in [0.4, 0.5) is 0 Å². The third-order valence-electron chi connectivity index (χ3n) is 5.72. The summed E-state index contributed by atoms with van der Waals surface area (Å²) in [4.78, 5) is 10.7. The number of carbonyl (C=O) groups is 1. The van der Waals surface area contributed by atoms with Gasteiger partial charge in [-0.1, -0.05) is 36.4 Å². The Bertz CT molecular complexity index is 824. The molecule has 0 bridgehead atoms. The topological polar surface area (TPSA) is 78.8 Å². The Hall–Kier alpha value is -2.37. The van der Waals surface area contributed by atoms with Crippen LogP contribution in [0.25, 0.3) is 0 Å². The molecule has 1 aliphatic rings. The van der Waals surface area contributed by atoms with Crippen LogP contribution in [-0.2, 0) is 24.1 Å². The normalized spacial score (nSPS) is 15.0. The minimum Gasteiger partial charge on any atom is -0.491 e. The van der Waals surface area contributed by atoms with Crippen molar-refractivity contribution in [2.24, 2.45) is 5.92 Å². The van der Waals surface area contributed by atoms with Crippen molar-refractivity contribution in [1.29, 1.82) is 0 Å². The lowest BCUT2D eigenvalue weighted by molar-refractivity contribution is -0.136. The van der Waals surface area contributed by atoms with Crippen LogP contribution in [0.1, 0.15) is 43.4 Å². The Labute approximate surface area is 179 Å². The lowest BCUT2D eigenvalue weighted by Gasteiger charge is -2.30. The van der Waals surface area contributed by atoms with Crippen LogP contribution in [0, 0.1) is 5.92 Å². The second-order valence-corrected chi connectivity index (χ2v) is 9.02. The number of aliphatic hydroxyl groups excluding tert-OH is 1. The molecule has 1 atom stereocenters. The lowest BCUT2D eigenvalue weighted by Crippen LogP contribution is -2.46.